The van der Waals surface area contributed by atoms with E-state index in [2.05, 4.69) is 65.0 Å². The Kier molecular flexibility index (Phi) is 6.60. The van der Waals surface area contributed by atoms with Gasteiger partial charge in [-0.15, -0.1) is 0 Å². The highest BCUT2D eigenvalue weighted by Gasteiger charge is 2.61. The van der Waals surface area contributed by atoms with Crippen molar-refractivity contribution in [1.82, 2.24) is 20.3 Å². The second-order valence-corrected chi connectivity index (χ2v) is 16.6. The molecular formula is C44H41N5O5. The molecule has 6 aromatic rings. The van der Waals surface area contributed by atoms with Gasteiger partial charge in [0.25, 0.3) is 0 Å². The van der Waals surface area contributed by atoms with Gasteiger partial charge in [0.2, 0.25) is 17.7 Å². The number of amides is 1. The molecule has 272 valence electrons. The largest absolute Gasteiger partial charge is 0.469 e. The summed E-state index contributed by atoms with van der Waals surface area (Å²) in [5.41, 5.74) is 6.81. The van der Waals surface area contributed by atoms with Gasteiger partial charge in [0.1, 0.15) is 23.0 Å². The lowest BCUT2D eigenvalue weighted by Crippen LogP contribution is -2.41. The molecular weight excluding hydrogens is 679 g/mol. The van der Waals surface area contributed by atoms with Crippen LogP contribution >= 0.6 is 0 Å². The normalized spacial score (nSPS) is 24.2. The van der Waals surface area contributed by atoms with Crippen molar-refractivity contribution in [3.05, 3.63) is 95.3 Å². The second-order valence-electron chi connectivity index (χ2n) is 16.6. The molecule has 4 aliphatic heterocycles. The van der Waals surface area contributed by atoms with E-state index in [1.807, 2.05) is 32.2 Å². The molecule has 3 aromatic carbocycles. The molecule has 0 radical (unpaired) electrons. The van der Waals surface area contributed by atoms with Crippen molar-refractivity contribution in [2.75, 3.05) is 5.32 Å². The summed E-state index contributed by atoms with van der Waals surface area (Å²) in [4.78, 5) is 42.1. The molecule has 1 fully saturated rings. The van der Waals surface area contributed by atoms with Gasteiger partial charge in [-0.3, -0.25) is 9.59 Å². The molecule has 10 heteroatoms. The number of Topliss-reactive ketones (excluding diaryl/α,β-unsaturated/α-hetero) is 1. The first-order valence-corrected chi connectivity index (χ1v) is 19.3. The molecule has 4 atom stereocenters. The van der Waals surface area contributed by atoms with Crippen molar-refractivity contribution < 1.29 is 23.2 Å². The first kappa shape index (κ1) is 31.8. The number of ketones is 1. The van der Waals surface area contributed by atoms with Gasteiger partial charge in [-0.1, -0.05) is 82.5 Å². The van der Waals surface area contributed by atoms with Crippen LogP contribution in [-0.2, 0) is 21.4 Å². The summed E-state index contributed by atoms with van der Waals surface area (Å²) in [5.74, 6) is 1.87. The third-order valence-corrected chi connectivity index (χ3v) is 13.0. The van der Waals surface area contributed by atoms with Crippen LogP contribution in [0.1, 0.15) is 93.7 Å². The third kappa shape index (κ3) is 4.28. The summed E-state index contributed by atoms with van der Waals surface area (Å²) >= 11 is 0. The molecule has 11 rings (SSSR count). The van der Waals surface area contributed by atoms with E-state index >= 15 is 0 Å². The number of hydrogen-bond acceptors (Lipinski definition) is 8. The van der Waals surface area contributed by atoms with Crippen LogP contribution in [0.5, 0.6) is 5.75 Å². The number of ether oxygens (including phenoxy) is 1. The third-order valence-electron chi connectivity index (χ3n) is 13.0. The van der Waals surface area contributed by atoms with Crippen LogP contribution < -0.4 is 15.4 Å². The van der Waals surface area contributed by atoms with Gasteiger partial charge in [0.15, 0.2) is 23.4 Å². The maximum atomic E-state index is 14.5. The van der Waals surface area contributed by atoms with E-state index in [4.69, 9.17) is 23.5 Å². The lowest BCUT2D eigenvalue weighted by Gasteiger charge is -2.33. The van der Waals surface area contributed by atoms with Gasteiger partial charge >= 0.3 is 0 Å². The van der Waals surface area contributed by atoms with Crippen LogP contribution in [0.15, 0.2) is 75.8 Å². The summed E-state index contributed by atoms with van der Waals surface area (Å²) in [7, 11) is 0. The molecule has 7 heterocycles. The molecule has 10 nitrogen and oxygen atoms in total. The number of aromatic nitrogens is 3. The molecule has 1 unspecified atom stereocenters. The Bertz CT molecular complexity index is 2550. The first-order valence-electron chi connectivity index (χ1n) is 19.3. The number of nitrogens with zero attached hydrogens (tertiary/aromatic N) is 2. The molecule has 1 spiro atoms. The molecule has 1 aliphatic carbocycles. The number of nitrogens with one attached hydrogen (secondary N) is 3. The van der Waals surface area contributed by atoms with Crippen molar-refractivity contribution in [2.24, 2.45) is 17.3 Å². The number of benzene rings is 3. The van der Waals surface area contributed by atoms with E-state index in [1.165, 1.54) is 0 Å². The van der Waals surface area contributed by atoms with E-state index < -0.39 is 29.0 Å². The summed E-state index contributed by atoms with van der Waals surface area (Å²) in [6, 6.07) is 18.3. The number of carbonyl (C=O) groups excluding carboxylic acids is 2. The summed E-state index contributed by atoms with van der Waals surface area (Å²) in [5, 5.41) is 8.17. The van der Waals surface area contributed by atoms with E-state index in [1.54, 1.807) is 6.20 Å². The minimum atomic E-state index is -0.994. The quantitative estimate of drug-likeness (QED) is 0.165. The Balaban J connectivity index is 1.18. The van der Waals surface area contributed by atoms with Crippen LogP contribution in [0.4, 0.5) is 5.69 Å². The monoisotopic (exact) mass is 719 g/mol. The van der Waals surface area contributed by atoms with Gasteiger partial charge < -0.3 is 29.2 Å². The smallest absolute Gasteiger partial charge is 0.249 e. The van der Waals surface area contributed by atoms with Crippen LogP contribution in [0, 0.1) is 17.3 Å². The van der Waals surface area contributed by atoms with Crippen LogP contribution in [0.2, 0.25) is 0 Å². The number of fused-ring (bicyclic) bond motifs is 7. The Morgan fingerprint density at radius 2 is 1.80 bits per heavy atom. The summed E-state index contributed by atoms with van der Waals surface area (Å²) in [6.07, 6.45) is 8.68. The number of hydrogen-bond donors (Lipinski definition) is 3. The second kappa shape index (κ2) is 11.2. The van der Waals surface area contributed by atoms with Crippen LogP contribution in [-0.4, -0.2) is 32.9 Å². The predicted octanol–water partition coefficient (Wildman–Crippen LogP) is 8.85. The average Bonchev–Trinajstić information content (AvgIpc) is 3.99. The summed E-state index contributed by atoms with van der Waals surface area (Å²) in [6.45, 7) is 6.18. The van der Waals surface area contributed by atoms with Crippen molar-refractivity contribution in [1.29, 1.82) is 0 Å². The number of anilines is 1. The molecule has 1 amide bonds. The lowest BCUT2D eigenvalue weighted by molar-refractivity contribution is -0.135. The molecule has 3 N–H and O–H groups in total. The molecule has 10 bridgehead atoms. The number of oxazole rings is 2. The molecule has 54 heavy (non-hydrogen) atoms. The van der Waals surface area contributed by atoms with Gasteiger partial charge in [-0.25, -0.2) is 9.97 Å². The van der Waals surface area contributed by atoms with Crippen molar-refractivity contribution in [3.8, 4) is 39.8 Å². The topological polar surface area (TPSA) is 135 Å². The van der Waals surface area contributed by atoms with Gasteiger partial charge in [0.05, 0.1) is 6.20 Å². The minimum Gasteiger partial charge on any atom is -0.469 e. The van der Waals surface area contributed by atoms with E-state index in [0.717, 1.165) is 87.8 Å². The molecule has 1 saturated carbocycles. The van der Waals surface area contributed by atoms with Crippen molar-refractivity contribution >= 4 is 28.3 Å². The highest BCUT2D eigenvalue weighted by atomic mass is 16.5. The fourth-order valence-electron chi connectivity index (χ4n) is 10.1. The van der Waals surface area contributed by atoms with E-state index in [-0.39, 0.29) is 24.0 Å². The fourth-order valence-corrected chi connectivity index (χ4v) is 10.1. The zero-order valence-electron chi connectivity index (χ0n) is 30.5. The summed E-state index contributed by atoms with van der Waals surface area (Å²) < 4.78 is 20.6. The van der Waals surface area contributed by atoms with Crippen molar-refractivity contribution in [2.45, 2.75) is 83.4 Å². The minimum absolute atomic E-state index is 0.0876. The number of H-pyrrole nitrogens is 1. The number of rotatable bonds is 4. The predicted molar refractivity (Wildman–Crippen MR) is 203 cm³/mol. The van der Waals surface area contributed by atoms with Gasteiger partial charge in [-0.2, -0.15) is 0 Å². The lowest BCUT2D eigenvalue weighted by atomic mass is 9.70. The molecule has 3 aromatic heterocycles. The van der Waals surface area contributed by atoms with Gasteiger partial charge in [0, 0.05) is 62.8 Å². The molecule has 0 saturated heterocycles. The Hall–Kier alpha value is -5.64. The molecule has 5 aliphatic rings. The van der Waals surface area contributed by atoms with Gasteiger partial charge in [-0.05, 0) is 48.4 Å². The fraction of sp³-hybridized carbons (Fsp3) is 0.364. The van der Waals surface area contributed by atoms with E-state index in [9.17, 15) is 9.59 Å². The average molecular weight is 720 g/mol. The van der Waals surface area contributed by atoms with Crippen LogP contribution in [0.25, 0.3) is 44.9 Å². The standard InChI is InChI=1S/C44H41N5O5/c1-22(2)35-41-48-37-38(54-41)44-28-11-7-10-26(25-9-8-12-30-34(25)27(20-45-30)32-21-46-40(37)52-32)36(28)49-42(44)53-31-14-13-23(18-29(31)44)17-24(39(51)47-35)19-33(50)43(3)15-5-4-6-16-43/h7-14,18,20-22,24,35,42,45,49H,4-6,15-17,19H2,1-3H3,(H,47,51)/t24-,35+,42+,44?/m1/s1. The number of aromatic amines is 1. The van der Waals surface area contributed by atoms with Crippen LogP contribution in [0.3, 0.4) is 0 Å². The Morgan fingerprint density at radius 3 is 2.65 bits per heavy atom. The van der Waals surface area contributed by atoms with Crippen molar-refractivity contribution in [3.63, 3.8) is 0 Å². The maximum Gasteiger partial charge on any atom is 0.249 e. The Morgan fingerprint density at radius 1 is 0.963 bits per heavy atom. The Labute approximate surface area is 312 Å². The zero-order valence-corrected chi connectivity index (χ0v) is 30.5. The number of carbonyl (C=O) groups is 2. The van der Waals surface area contributed by atoms with E-state index in [0.29, 0.717) is 35.4 Å². The highest BCUT2D eigenvalue weighted by Crippen LogP contribution is 2.61. The zero-order chi connectivity index (χ0) is 36.5. The SMILES string of the molecule is CC(C)[C@@H]1NC(=O)[C@@H](CC(=O)C2(C)CCCCC2)Cc2ccc3c(c2)C24c5cccc(c5N[C@H]2O3)-c2cccc3[nH]cc(c23)-c2cnc(o2)-c2nc1oc24. The maximum absolute atomic E-state index is 14.5. The number of para-hydroxylation sites is 1. The first-order chi connectivity index (χ1) is 26.2. The highest BCUT2D eigenvalue weighted by molar-refractivity contribution is 6.07.